The van der Waals surface area contributed by atoms with Crippen LogP contribution in [0, 0.1) is 11.8 Å². The van der Waals surface area contributed by atoms with Crippen molar-refractivity contribution in [3.8, 4) is 0 Å². The third-order valence-electron chi connectivity index (χ3n) is 5.16. The molecule has 1 aliphatic heterocycles. The van der Waals surface area contributed by atoms with E-state index >= 15 is 0 Å². The van der Waals surface area contributed by atoms with Gasteiger partial charge in [-0.1, -0.05) is 26.2 Å². The summed E-state index contributed by atoms with van der Waals surface area (Å²) in [6.45, 7) is 4.35. The summed E-state index contributed by atoms with van der Waals surface area (Å²) in [5, 5.41) is 3.49. The molecule has 3 aliphatic rings. The maximum Gasteiger partial charge on any atom is 0.239 e. The van der Waals surface area contributed by atoms with Crippen molar-refractivity contribution in [1.82, 2.24) is 10.2 Å². The van der Waals surface area contributed by atoms with E-state index in [1.807, 2.05) is 0 Å². The molecular formula is C16H28N2O. The van der Waals surface area contributed by atoms with Gasteiger partial charge in [0.15, 0.2) is 0 Å². The Morgan fingerprint density at radius 1 is 1.21 bits per heavy atom. The van der Waals surface area contributed by atoms with Crippen molar-refractivity contribution in [3.63, 3.8) is 0 Å². The molecule has 3 atom stereocenters. The van der Waals surface area contributed by atoms with Crippen molar-refractivity contribution in [2.75, 3.05) is 13.1 Å². The first kappa shape index (κ1) is 13.4. The van der Waals surface area contributed by atoms with Crippen LogP contribution in [-0.4, -0.2) is 36.0 Å². The van der Waals surface area contributed by atoms with E-state index in [4.69, 9.17) is 0 Å². The highest BCUT2D eigenvalue weighted by molar-refractivity contribution is 5.84. The highest BCUT2D eigenvalue weighted by atomic mass is 16.2. The quantitative estimate of drug-likeness (QED) is 0.827. The average Bonchev–Trinajstić information content (AvgIpc) is 3.14. The van der Waals surface area contributed by atoms with Gasteiger partial charge in [0.25, 0.3) is 0 Å². The molecule has 1 N–H and O–H groups in total. The van der Waals surface area contributed by atoms with Gasteiger partial charge in [-0.25, -0.2) is 0 Å². The summed E-state index contributed by atoms with van der Waals surface area (Å²) < 4.78 is 0. The molecule has 3 heteroatoms. The first-order chi connectivity index (χ1) is 9.22. The molecule has 1 amide bonds. The van der Waals surface area contributed by atoms with Crippen LogP contribution in [0.1, 0.15) is 58.3 Å². The zero-order valence-electron chi connectivity index (χ0n) is 12.2. The van der Waals surface area contributed by atoms with Crippen LogP contribution in [0.3, 0.4) is 0 Å². The fourth-order valence-electron chi connectivity index (χ4n) is 3.81. The van der Waals surface area contributed by atoms with Gasteiger partial charge in [0.05, 0.1) is 6.04 Å². The standard InChI is InChI=1S/C16H28N2O/c1-12-3-2-4-13(11-12)7-9-18-10-8-15(16(18)19)17-14-5-6-14/h12-15,17H,2-11H2,1H3. The van der Waals surface area contributed by atoms with Gasteiger partial charge in [0.2, 0.25) is 5.91 Å². The summed E-state index contributed by atoms with van der Waals surface area (Å²) in [4.78, 5) is 14.4. The smallest absolute Gasteiger partial charge is 0.239 e. The van der Waals surface area contributed by atoms with Crippen LogP contribution in [0.15, 0.2) is 0 Å². The van der Waals surface area contributed by atoms with Crippen molar-refractivity contribution in [1.29, 1.82) is 0 Å². The predicted molar refractivity (Wildman–Crippen MR) is 76.9 cm³/mol. The molecule has 2 saturated carbocycles. The molecule has 0 aromatic heterocycles. The highest BCUT2D eigenvalue weighted by Crippen LogP contribution is 2.31. The van der Waals surface area contributed by atoms with Gasteiger partial charge in [-0.2, -0.15) is 0 Å². The van der Waals surface area contributed by atoms with Gasteiger partial charge < -0.3 is 10.2 Å². The van der Waals surface area contributed by atoms with Crippen LogP contribution < -0.4 is 5.32 Å². The maximum absolute atomic E-state index is 12.3. The molecule has 0 spiro atoms. The first-order valence-corrected chi connectivity index (χ1v) is 8.27. The normalized spacial score (nSPS) is 35.9. The van der Waals surface area contributed by atoms with Gasteiger partial charge in [0.1, 0.15) is 0 Å². The number of nitrogens with zero attached hydrogens (tertiary/aromatic N) is 1. The van der Waals surface area contributed by atoms with E-state index in [0.29, 0.717) is 11.9 Å². The van der Waals surface area contributed by atoms with E-state index < -0.39 is 0 Å². The monoisotopic (exact) mass is 264 g/mol. The zero-order chi connectivity index (χ0) is 13.2. The van der Waals surface area contributed by atoms with Gasteiger partial charge >= 0.3 is 0 Å². The lowest BCUT2D eigenvalue weighted by Crippen LogP contribution is -2.40. The average molecular weight is 264 g/mol. The molecule has 0 radical (unpaired) electrons. The van der Waals surface area contributed by atoms with Crippen LogP contribution in [0.4, 0.5) is 0 Å². The molecular weight excluding hydrogens is 236 g/mol. The van der Waals surface area contributed by atoms with Crippen molar-refractivity contribution in [2.24, 2.45) is 11.8 Å². The number of carbonyl (C=O) groups excluding carboxylic acids is 1. The Bertz CT molecular complexity index is 327. The highest BCUT2D eigenvalue weighted by Gasteiger charge is 2.35. The molecule has 1 heterocycles. The third-order valence-corrected chi connectivity index (χ3v) is 5.16. The minimum atomic E-state index is 0.137. The number of amides is 1. The number of hydrogen-bond donors (Lipinski definition) is 1. The number of nitrogens with one attached hydrogen (secondary N) is 1. The molecule has 0 bridgehead atoms. The second kappa shape index (κ2) is 5.82. The fourth-order valence-corrected chi connectivity index (χ4v) is 3.81. The first-order valence-electron chi connectivity index (χ1n) is 8.27. The molecule has 19 heavy (non-hydrogen) atoms. The van der Waals surface area contributed by atoms with Gasteiger partial charge in [-0.15, -0.1) is 0 Å². The Kier molecular flexibility index (Phi) is 4.11. The molecule has 108 valence electrons. The lowest BCUT2D eigenvalue weighted by Gasteiger charge is -2.28. The van der Waals surface area contributed by atoms with Gasteiger partial charge in [-0.3, -0.25) is 4.79 Å². The van der Waals surface area contributed by atoms with E-state index in [0.717, 1.165) is 31.3 Å². The summed E-state index contributed by atoms with van der Waals surface area (Å²) in [6, 6.07) is 0.783. The Labute approximate surface area is 117 Å². The van der Waals surface area contributed by atoms with Crippen LogP contribution in [0.2, 0.25) is 0 Å². The Hall–Kier alpha value is -0.570. The van der Waals surface area contributed by atoms with E-state index in [1.165, 1.54) is 44.9 Å². The summed E-state index contributed by atoms with van der Waals surface area (Å²) >= 11 is 0. The van der Waals surface area contributed by atoms with Gasteiger partial charge in [-0.05, 0) is 43.9 Å². The largest absolute Gasteiger partial charge is 0.341 e. The summed E-state index contributed by atoms with van der Waals surface area (Å²) in [5.41, 5.74) is 0. The minimum Gasteiger partial charge on any atom is -0.341 e. The maximum atomic E-state index is 12.3. The zero-order valence-corrected chi connectivity index (χ0v) is 12.2. The molecule has 0 aromatic rings. The number of rotatable bonds is 5. The molecule has 3 unspecified atom stereocenters. The van der Waals surface area contributed by atoms with E-state index in [1.54, 1.807) is 0 Å². The molecule has 3 nitrogen and oxygen atoms in total. The molecule has 1 saturated heterocycles. The van der Waals surface area contributed by atoms with Crippen molar-refractivity contribution in [3.05, 3.63) is 0 Å². The minimum absolute atomic E-state index is 0.137. The van der Waals surface area contributed by atoms with Crippen LogP contribution in [0.25, 0.3) is 0 Å². The van der Waals surface area contributed by atoms with Crippen LogP contribution in [0.5, 0.6) is 0 Å². The Balaban J connectivity index is 1.41. The van der Waals surface area contributed by atoms with Crippen LogP contribution in [-0.2, 0) is 4.79 Å². The lowest BCUT2D eigenvalue weighted by molar-refractivity contribution is -0.129. The molecule has 0 aromatic carbocycles. The Morgan fingerprint density at radius 3 is 2.79 bits per heavy atom. The topological polar surface area (TPSA) is 32.3 Å². The SMILES string of the molecule is CC1CCCC(CCN2CCC(NC3CC3)C2=O)C1. The molecule has 2 aliphatic carbocycles. The molecule has 3 rings (SSSR count). The predicted octanol–water partition coefficient (Wildman–Crippen LogP) is 2.56. The van der Waals surface area contributed by atoms with Crippen molar-refractivity contribution >= 4 is 5.91 Å². The fraction of sp³-hybridized carbons (Fsp3) is 0.938. The van der Waals surface area contributed by atoms with E-state index in [-0.39, 0.29) is 6.04 Å². The number of carbonyl (C=O) groups is 1. The third kappa shape index (κ3) is 3.50. The molecule has 3 fully saturated rings. The van der Waals surface area contributed by atoms with E-state index in [2.05, 4.69) is 17.1 Å². The second-order valence-corrected chi connectivity index (χ2v) is 7.03. The lowest BCUT2D eigenvalue weighted by atomic mass is 9.81. The van der Waals surface area contributed by atoms with Gasteiger partial charge in [0, 0.05) is 19.1 Å². The summed E-state index contributed by atoms with van der Waals surface area (Å²) in [7, 11) is 0. The van der Waals surface area contributed by atoms with Crippen LogP contribution >= 0.6 is 0 Å². The Morgan fingerprint density at radius 2 is 2.05 bits per heavy atom. The van der Waals surface area contributed by atoms with Crippen molar-refractivity contribution in [2.45, 2.75) is 70.4 Å². The van der Waals surface area contributed by atoms with E-state index in [9.17, 15) is 4.79 Å². The number of likely N-dealkylation sites (tertiary alicyclic amines) is 1. The summed E-state index contributed by atoms with van der Waals surface area (Å²) in [6.07, 6.45) is 10.4. The van der Waals surface area contributed by atoms with Crippen molar-refractivity contribution < 1.29 is 4.79 Å². The number of hydrogen-bond acceptors (Lipinski definition) is 2. The second-order valence-electron chi connectivity index (χ2n) is 7.03. The summed E-state index contributed by atoms with van der Waals surface area (Å²) in [5.74, 6) is 2.14.